The first kappa shape index (κ1) is 14.3. The molecule has 1 N–H and O–H groups in total. The second-order valence-corrected chi connectivity index (χ2v) is 4.85. The van der Waals surface area contributed by atoms with Crippen LogP contribution >= 0.6 is 11.6 Å². The summed E-state index contributed by atoms with van der Waals surface area (Å²) in [7, 11) is 1.61. The molecule has 0 saturated carbocycles. The summed E-state index contributed by atoms with van der Waals surface area (Å²) in [6, 6.07) is 8.69. The summed E-state index contributed by atoms with van der Waals surface area (Å²) in [5.74, 6) is 0.563. The topological polar surface area (TPSA) is 51.2 Å². The summed E-state index contributed by atoms with van der Waals surface area (Å²) < 4.78 is 5.18. The predicted octanol–water partition coefficient (Wildman–Crippen LogP) is 3.61. The van der Waals surface area contributed by atoms with Crippen LogP contribution < -0.4 is 10.1 Å². The van der Waals surface area contributed by atoms with Crippen molar-refractivity contribution in [2.45, 2.75) is 13.8 Å². The number of benzene rings is 1. The average Bonchev–Trinajstić information content (AvgIpc) is 2.37. The summed E-state index contributed by atoms with van der Waals surface area (Å²) in [5, 5.41) is 3.13. The normalized spacial score (nSPS) is 10.2. The molecule has 0 fully saturated rings. The number of carbonyl (C=O) groups excluding carboxylic acids is 1. The Balaban J connectivity index is 2.21. The predicted molar refractivity (Wildman–Crippen MR) is 79.7 cm³/mol. The maximum Gasteiger partial charge on any atom is 0.255 e. The summed E-state index contributed by atoms with van der Waals surface area (Å²) in [4.78, 5) is 16.2. The fourth-order valence-corrected chi connectivity index (χ4v) is 2.17. The van der Waals surface area contributed by atoms with E-state index in [0.29, 0.717) is 22.1 Å². The standard InChI is InChI=1S/C15H15ClN2O2/c1-9-6-12(4-5-13(9)20-3)18-15(19)11-7-10(2)17-14(16)8-11/h4-8H,1-3H3,(H,18,19). The van der Waals surface area contributed by atoms with Crippen molar-refractivity contribution < 1.29 is 9.53 Å². The van der Waals surface area contributed by atoms with Gasteiger partial charge in [0.25, 0.3) is 5.91 Å². The molecule has 1 amide bonds. The summed E-state index contributed by atoms with van der Waals surface area (Å²) in [6.45, 7) is 3.71. The van der Waals surface area contributed by atoms with Crippen LogP contribution in [0.25, 0.3) is 0 Å². The van der Waals surface area contributed by atoms with E-state index in [1.54, 1.807) is 32.2 Å². The largest absolute Gasteiger partial charge is 0.496 e. The van der Waals surface area contributed by atoms with Crippen LogP contribution in [0.1, 0.15) is 21.6 Å². The first-order valence-corrected chi connectivity index (χ1v) is 6.47. The number of halogens is 1. The van der Waals surface area contributed by atoms with Crippen LogP contribution in [0.3, 0.4) is 0 Å². The summed E-state index contributed by atoms with van der Waals surface area (Å²) >= 11 is 5.85. The average molecular weight is 291 g/mol. The van der Waals surface area contributed by atoms with Gasteiger partial charge in [0.05, 0.1) is 7.11 Å². The molecule has 1 aromatic heterocycles. The fraction of sp³-hybridized carbons (Fsp3) is 0.200. The zero-order chi connectivity index (χ0) is 14.7. The minimum absolute atomic E-state index is 0.220. The smallest absolute Gasteiger partial charge is 0.255 e. The van der Waals surface area contributed by atoms with Gasteiger partial charge >= 0.3 is 0 Å². The molecule has 1 heterocycles. The first-order chi connectivity index (χ1) is 9.49. The Morgan fingerprint density at radius 3 is 2.60 bits per heavy atom. The highest BCUT2D eigenvalue weighted by molar-refractivity contribution is 6.29. The van der Waals surface area contributed by atoms with Gasteiger partial charge in [0.1, 0.15) is 10.9 Å². The Morgan fingerprint density at radius 1 is 1.25 bits per heavy atom. The second kappa shape index (κ2) is 5.92. The van der Waals surface area contributed by atoms with Crippen molar-refractivity contribution in [1.29, 1.82) is 0 Å². The second-order valence-electron chi connectivity index (χ2n) is 4.46. The molecule has 104 valence electrons. The van der Waals surface area contributed by atoms with Crippen LogP contribution in [-0.4, -0.2) is 18.0 Å². The SMILES string of the molecule is COc1ccc(NC(=O)c2cc(C)nc(Cl)c2)cc1C. The Hall–Kier alpha value is -2.07. The molecule has 2 aromatic rings. The van der Waals surface area contributed by atoms with Crippen molar-refractivity contribution in [2.24, 2.45) is 0 Å². The van der Waals surface area contributed by atoms with Gasteiger partial charge in [0.2, 0.25) is 0 Å². The molecule has 0 aliphatic rings. The van der Waals surface area contributed by atoms with Gasteiger partial charge in [0.15, 0.2) is 0 Å². The van der Waals surface area contributed by atoms with Gasteiger partial charge in [-0.05, 0) is 49.7 Å². The van der Waals surface area contributed by atoms with Crippen molar-refractivity contribution >= 4 is 23.2 Å². The van der Waals surface area contributed by atoms with Crippen LogP contribution in [0, 0.1) is 13.8 Å². The number of methoxy groups -OCH3 is 1. The highest BCUT2D eigenvalue weighted by Crippen LogP contribution is 2.22. The van der Waals surface area contributed by atoms with Crippen LogP contribution in [0.2, 0.25) is 5.15 Å². The number of nitrogens with zero attached hydrogens (tertiary/aromatic N) is 1. The molecule has 0 aliphatic heterocycles. The van der Waals surface area contributed by atoms with Crippen LogP contribution in [0.5, 0.6) is 5.75 Å². The highest BCUT2D eigenvalue weighted by atomic mass is 35.5. The molecular formula is C15H15ClN2O2. The molecule has 0 aliphatic carbocycles. The molecule has 5 heteroatoms. The summed E-state index contributed by atoms with van der Waals surface area (Å²) in [5.41, 5.74) is 2.85. The van der Waals surface area contributed by atoms with E-state index in [2.05, 4.69) is 10.3 Å². The van der Waals surface area contributed by atoms with Crippen molar-refractivity contribution in [1.82, 2.24) is 4.98 Å². The van der Waals surface area contributed by atoms with E-state index in [1.165, 1.54) is 0 Å². The molecule has 0 spiro atoms. The van der Waals surface area contributed by atoms with E-state index in [1.807, 2.05) is 19.1 Å². The van der Waals surface area contributed by atoms with Crippen LogP contribution in [-0.2, 0) is 0 Å². The number of pyridine rings is 1. The third kappa shape index (κ3) is 3.27. The lowest BCUT2D eigenvalue weighted by Gasteiger charge is -2.09. The number of rotatable bonds is 3. The number of aromatic nitrogens is 1. The quantitative estimate of drug-likeness (QED) is 0.879. The van der Waals surface area contributed by atoms with E-state index < -0.39 is 0 Å². The molecule has 0 radical (unpaired) electrons. The fourth-order valence-electron chi connectivity index (χ4n) is 1.92. The molecule has 0 bridgehead atoms. The molecular weight excluding hydrogens is 276 g/mol. The molecule has 0 unspecified atom stereocenters. The molecule has 4 nitrogen and oxygen atoms in total. The van der Waals surface area contributed by atoms with Gasteiger partial charge in [0, 0.05) is 16.9 Å². The monoisotopic (exact) mass is 290 g/mol. The highest BCUT2D eigenvalue weighted by Gasteiger charge is 2.09. The Bertz CT molecular complexity index is 636. The number of hydrogen-bond acceptors (Lipinski definition) is 3. The minimum Gasteiger partial charge on any atom is -0.496 e. The zero-order valence-electron chi connectivity index (χ0n) is 11.5. The molecule has 1 aromatic carbocycles. The lowest BCUT2D eigenvalue weighted by Crippen LogP contribution is -2.12. The Labute approximate surface area is 122 Å². The third-order valence-electron chi connectivity index (χ3n) is 2.84. The van der Waals surface area contributed by atoms with E-state index in [-0.39, 0.29) is 5.91 Å². The van der Waals surface area contributed by atoms with Gasteiger partial charge in [-0.3, -0.25) is 4.79 Å². The van der Waals surface area contributed by atoms with Crippen molar-refractivity contribution in [3.63, 3.8) is 0 Å². The van der Waals surface area contributed by atoms with Gasteiger partial charge in [-0.15, -0.1) is 0 Å². The number of aryl methyl sites for hydroxylation is 2. The zero-order valence-corrected chi connectivity index (χ0v) is 12.3. The Morgan fingerprint density at radius 2 is 2.00 bits per heavy atom. The number of carbonyl (C=O) groups is 1. The van der Waals surface area contributed by atoms with E-state index in [4.69, 9.17) is 16.3 Å². The van der Waals surface area contributed by atoms with E-state index in [0.717, 1.165) is 11.3 Å². The van der Waals surface area contributed by atoms with E-state index in [9.17, 15) is 4.79 Å². The van der Waals surface area contributed by atoms with Crippen molar-refractivity contribution in [2.75, 3.05) is 12.4 Å². The molecule has 20 heavy (non-hydrogen) atoms. The molecule has 2 rings (SSSR count). The third-order valence-corrected chi connectivity index (χ3v) is 3.03. The van der Waals surface area contributed by atoms with Crippen LogP contribution in [0.15, 0.2) is 30.3 Å². The lowest BCUT2D eigenvalue weighted by atomic mass is 10.2. The van der Waals surface area contributed by atoms with Gasteiger partial charge in [-0.1, -0.05) is 11.6 Å². The lowest BCUT2D eigenvalue weighted by molar-refractivity contribution is 0.102. The van der Waals surface area contributed by atoms with Gasteiger partial charge in [-0.2, -0.15) is 0 Å². The van der Waals surface area contributed by atoms with Crippen molar-refractivity contribution in [3.8, 4) is 5.75 Å². The molecule has 0 saturated heterocycles. The van der Waals surface area contributed by atoms with Gasteiger partial charge in [-0.25, -0.2) is 4.98 Å². The Kier molecular flexibility index (Phi) is 4.25. The van der Waals surface area contributed by atoms with Crippen LogP contribution in [0.4, 0.5) is 5.69 Å². The summed E-state index contributed by atoms with van der Waals surface area (Å²) in [6.07, 6.45) is 0. The van der Waals surface area contributed by atoms with Gasteiger partial charge < -0.3 is 10.1 Å². The number of anilines is 1. The number of nitrogens with one attached hydrogen (secondary N) is 1. The maximum atomic E-state index is 12.2. The number of amides is 1. The van der Waals surface area contributed by atoms with Crippen molar-refractivity contribution in [3.05, 3.63) is 52.3 Å². The number of hydrogen-bond donors (Lipinski definition) is 1. The minimum atomic E-state index is -0.220. The first-order valence-electron chi connectivity index (χ1n) is 6.10. The molecule has 0 atom stereocenters. The number of ether oxygens (including phenoxy) is 1. The maximum absolute atomic E-state index is 12.2. The van der Waals surface area contributed by atoms with E-state index >= 15 is 0 Å².